The average molecular weight is 455 g/mol. The first-order valence-corrected chi connectivity index (χ1v) is 11.2. The predicted octanol–water partition coefficient (Wildman–Crippen LogP) is 5.64. The highest BCUT2D eigenvalue weighted by Crippen LogP contribution is 2.33. The summed E-state index contributed by atoms with van der Waals surface area (Å²) in [7, 11) is 0. The molecule has 1 aliphatic rings. The van der Waals surface area contributed by atoms with Crippen molar-refractivity contribution in [2.45, 2.75) is 29.7 Å². The summed E-state index contributed by atoms with van der Waals surface area (Å²) in [5.74, 6) is 1.29. The fraction of sp³-hybridized carbons (Fsp3) is 0.182. The van der Waals surface area contributed by atoms with Crippen LogP contribution in [-0.2, 0) is 12.2 Å². The van der Waals surface area contributed by atoms with Gasteiger partial charge >= 0.3 is 0 Å². The number of carbonyl (C=O) groups excluding carboxylic acids is 1. The number of ketones is 1. The quantitative estimate of drug-likeness (QED) is 0.373. The van der Waals surface area contributed by atoms with Crippen molar-refractivity contribution in [3.8, 4) is 0 Å². The Morgan fingerprint density at radius 2 is 1.93 bits per heavy atom. The van der Waals surface area contributed by atoms with Gasteiger partial charge in [-0.05, 0) is 41.7 Å². The minimum Gasteiger partial charge on any atom is -0.294 e. The Kier molecular flexibility index (Phi) is 5.23. The summed E-state index contributed by atoms with van der Waals surface area (Å²) in [6.07, 6.45) is 2.86. The minimum absolute atomic E-state index is 0.0654. The van der Waals surface area contributed by atoms with Crippen molar-refractivity contribution in [2.75, 3.05) is 0 Å². The second kappa shape index (κ2) is 8.02. The second-order valence-corrected chi connectivity index (χ2v) is 8.99. The first kappa shape index (κ1) is 19.5. The number of hydrogen-bond acceptors (Lipinski definition) is 5. The summed E-state index contributed by atoms with van der Waals surface area (Å²) in [5, 5.41) is 6.48. The zero-order valence-corrected chi connectivity index (χ0v) is 18.1. The minimum atomic E-state index is 0.0654. The molecular weight excluding hydrogens is 439 g/mol. The van der Waals surface area contributed by atoms with Gasteiger partial charge < -0.3 is 0 Å². The number of aromatic nitrogens is 4. The third-order valence-corrected chi connectivity index (χ3v) is 6.69. The standard InChI is InChI=1S/C22H16Cl2N4OS/c23-16-6-3-5-13(8-16)15-9-19-17(20(29)10-15)11-28-21(25-19)26-22(27-28)30-12-14-4-1-2-7-18(14)24/h1-8,11,15H,9-10,12H2/t15-/m0/s1. The molecule has 0 spiro atoms. The van der Waals surface area contributed by atoms with Crippen LogP contribution in [0.25, 0.3) is 5.78 Å². The molecule has 150 valence electrons. The molecule has 2 aromatic carbocycles. The Balaban J connectivity index is 1.42. The lowest BCUT2D eigenvalue weighted by Gasteiger charge is -2.23. The highest BCUT2D eigenvalue weighted by Gasteiger charge is 2.28. The van der Waals surface area contributed by atoms with Gasteiger partial charge in [-0.25, -0.2) is 9.50 Å². The summed E-state index contributed by atoms with van der Waals surface area (Å²) in [4.78, 5) is 22.0. The van der Waals surface area contributed by atoms with Gasteiger partial charge in [0.2, 0.25) is 5.16 Å². The van der Waals surface area contributed by atoms with E-state index in [1.54, 1.807) is 10.7 Å². The summed E-state index contributed by atoms with van der Waals surface area (Å²) in [6, 6.07) is 15.4. The third kappa shape index (κ3) is 3.83. The van der Waals surface area contributed by atoms with E-state index in [4.69, 9.17) is 23.2 Å². The van der Waals surface area contributed by atoms with Crippen LogP contribution in [-0.4, -0.2) is 25.4 Å². The Hall–Kier alpha value is -2.41. The van der Waals surface area contributed by atoms with Gasteiger partial charge in [-0.1, -0.05) is 65.3 Å². The van der Waals surface area contributed by atoms with E-state index < -0.39 is 0 Å². The van der Waals surface area contributed by atoms with Crippen molar-refractivity contribution < 1.29 is 4.79 Å². The van der Waals surface area contributed by atoms with Crippen LogP contribution in [0.4, 0.5) is 0 Å². The fourth-order valence-corrected chi connectivity index (χ4v) is 4.99. The van der Waals surface area contributed by atoms with Crippen molar-refractivity contribution in [2.24, 2.45) is 0 Å². The lowest BCUT2D eigenvalue weighted by Crippen LogP contribution is -2.21. The van der Waals surface area contributed by atoms with E-state index in [-0.39, 0.29) is 11.7 Å². The SMILES string of the molecule is O=C1C[C@@H](c2cccc(Cl)c2)Cc2nc3nc(SCc4ccccc4Cl)nn3cc21. The molecule has 1 atom stereocenters. The molecule has 0 unspecified atom stereocenters. The van der Waals surface area contributed by atoms with Crippen LogP contribution >= 0.6 is 35.0 Å². The predicted molar refractivity (Wildman–Crippen MR) is 119 cm³/mol. The number of rotatable bonds is 4. The van der Waals surface area contributed by atoms with E-state index in [1.807, 2.05) is 48.5 Å². The zero-order valence-electron chi connectivity index (χ0n) is 15.8. The number of Topliss-reactive ketones (excluding diaryl/α,β-unsaturated/α-hetero) is 1. The van der Waals surface area contributed by atoms with Crippen molar-refractivity contribution in [1.82, 2.24) is 19.6 Å². The molecule has 4 aromatic rings. The van der Waals surface area contributed by atoms with Gasteiger partial charge in [0.1, 0.15) is 0 Å². The van der Waals surface area contributed by atoms with Crippen LogP contribution in [0.5, 0.6) is 0 Å². The third-order valence-electron chi connectivity index (χ3n) is 5.20. The van der Waals surface area contributed by atoms with E-state index in [0.29, 0.717) is 40.1 Å². The highest BCUT2D eigenvalue weighted by molar-refractivity contribution is 7.98. The number of thioether (sulfide) groups is 1. The topological polar surface area (TPSA) is 60.2 Å². The number of nitrogens with zero attached hydrogens (tertiary/aromatic N) is 4. The van der Waals surface area contributed by atoms with Gasteiger partial charge in [-0.2, -0.15) is 4.98 Å². The molecule has 1 aliphatic carbocycles. The number of hydrogen-bond donors (Lipinski definition) is 0. The monoisotopic (exact) mass is 454 g/mol. The Morgan fingerprint density at radius 3 is 2.77 bits per heavy atom. The van der Waals surface area contributed by atoms with E-state index >= 15 is 0 Å². The van der Waals surface area contributed by atoms with Gasteiger partial charge in [-0.3, -0.25) is 4.79 Å². The molecule has 8 heteroatoms. The first-order valence-electron chi connectivity index (χ1n) is 9.48. The Morgan fingerprint density at radius 1 is 1.07 bits per heavy atom. The Bertz CT molecular complexity index is 1270. The van der Waals surface area contributed by atoms with E-state index in [9.17, 15) is 4.79 Å². The summed E-state index contributed by atoms with van der Waals surface area (Å²) in [6.45, 7) is 0. The molecule has 0 N–H and O–H groups in total. The lowest BCUT2D eigenvalue weighted by molar-refractivity contribution is 0.0962. The molecule has 0 aliphatic heterocycles. The van der Waals surface area contributed by atoms with Gasteiger partial charge in [-0.15, -0.1) is 5.10 Å². The molecule has 0 saturated heterocycles. The highest BCUT2D eigenvalue weighted by atomic mass is 35.5. The average Bonchev–Trinajstić information content (AvgIpc) is 3.13. The van der Waals surface area contributed by atoms with Crippen LogP contribution in [0.15, 0.2) is 59.9 Å². The summed E-state index contributed by atoms with van der Waals surface area (Å²) >= 11 is 13.8. The maximum atomic E-state index is 12.8. The van der Waals surface area contributed by atoms with Crippen LogP contribution in [0.1, 0.15) is 39.5 Å². The van der Waals surface area contributed by atoms with Gasteiger partial charge in [0.05, 0.1) is 11.3 Å². The van der Waals surface area contributed by atoms with Crippen LogP contribution < -0.4 is 0 Å². The van der Waals surface area contributed by atoms with Crippen LogP contribution in [0.3, 0.4) is 0 Å². The van der Waals surface area contributed by atoms with Crippen molar-refractivity contribution in [3.05, 3.63) is 87.2 Å². The molecule has 0 saturated carbocycles. The summed E-state index contributed by atoms with van der Waals surface area (Å²) in [5.41, 5.74) is 3.46. The lowest BCUT2D eigenvalue weighted by atomic mass is 9.82. The van der Waals surface area contributed by atoms with Crippen LogP contribution in [0.2, 0.25) is 10.0 Å². The molecule has 0 bridgehead atoms. The summed E-state index contributed by atoms with van der Waals surface area (Å²) < 4.78 is 1.59. The maximum absolute atomic E-state index is 12.8. The first-order chi connectivity index (χ1) is 14.6. The molecule has 0 amide bonds. The van der Waals surface area contributed by atoms with E-state index in [0.717, 1.165) is 21.8 Å². The molecular formula is C22H16Cl2N4OS. The molecule has 2 aromatic heterocycles. The molecule has 0 fully saturated rings. The molecule has 30 heavy (non-hydrogen) atoms. The number of halogens is 2. The molecule has 2 heterocycles. The maximum Gasteiger partial charge on any atom is 0.253 e. The zero-order chi connectivity index (χ0) is 20.7. The van der Waals surface area contributed by atoms with Gasteiger partial charge in [0.15, 0.2) is 5.78 Å². The van der Waals surface area contributed by atoms with Crippen molar-refractivity contribution in [3.63, 3.8) is 0 Å². The molecule has 5 rings (SSSR count). The molecule has 0 radical (unpaired) electrons. The second-order valence-electron chi connectivity index (χ2n) is 7.20. The largest absolute Gasteiger partial charge is 0.294 e. The van der Waals surface area contributed by atoms with E-state index in [1.165, 1.54) is 11.8 Å². The normalized spacial score (nSPS) is 16.1. The smallest absolute Gasteiger partial charge is 0.253 e. The van der Waals surface area contributed by atoms with E-state index in [2.05, 4.69) is 15.1 Å². The van der Waals surface area contributed by atoms with Gasteiger partial charge in [0.25, 0.3) is 5.78 Å². The molecule has 5 nitrogen and oxygen atoms in total. The number of fused-ring (bicyclic) bond motifs is 2. The van der Waals surface area contributed by atoms with Crippen molar-refractivity contribution >= 4 is 46.5 Å². The fourth-order valence-electron chi connectivity index (χ4n) is 3.68. The van der Waals surface area contributed by atoms with Crippen LogP contribution in [0, 0.1) is 0 Å². The Labute approximate surface area is 187 Å². The number of benzene rings is 2. The van der Waals surface area contributed by atoms with Crippen molar-refractivity contribution in [1.29, 1.82) is 0 Å². The van der Waals surface area contributed by atoms with Gasteiger partial charge in [0, 0.05) is 28.4 Å². The number of carbonyl (C=O) groups is 1.